The minimum atomic E-state index is 1.03. The van der Waals surface area contributed by atoms with Crippen LogP contribution >= 0.6 is 0 Å². The van der Waals surface area contributed by atoms with Gasteiger partial charge in [-0.25, -0.2) is 0 Å². The lowest BCUT2D eigenvalue weighted by Crippen LogP contribution is -2.29. The van der Waals surface area contributed by atoms with Crippen LogP contribution in [0.3, 0.4) is 0 Å². The summed E-state index contributed by atoms with van der Waals surface area (Å²) < 4.78 is 0. The number of benzene rings is 2. The van der Waals surface area contributed by atoms with Gasteiger partial charge in [-0.2, -0.15) is 0 Å². The molecule has 0 unspecified atom stereocenters. The Morgan fingerprint density at radius 1 is 0.957 bits per heavy atom. The minimum absolute atomic E-state index is 1.03. The van der Waals surface area contributed by atoms with Crippen molar-refractivity contribution in [2.24, 2.45) is 0 Å². The van der Waals surface area contributed by atoms with Gasteiger partial charge in [0.25, 0.3) is 0 Å². The van der Waals surface area contributed by atoms with Crippen LogP contribution in [0.1, 0.15) is 36.8 Å². The van der Waals surface area contributed by atoms with Gasteiger partial charge in [0, 0.05) is 6.54 Å². The molecule has 0 N–H and O–H groups in total. The van der Waals surface area contributed by atoms with Gasteiger partial charge in [-0.3, -0.25) is 4.90 Å². The van der Waals surface area contributed by atoms with Crippen molar-refractivity contribution in [2.45, 2.75) is 38.6 Å². The zero-order valence-corrected chi connectivity index (χ0v) is 14.0. The van der Waals surface area contributed by atoms with Gasteiger partial charge < -0.3 is 0 Å². The smallest absolute Gasteiger partial charge is 0.0233 e. The molecule has 0 spiro atoms. The highest BCUT2D eigenvalue weighted by Gasteiger charge is 2.11. The van der Waals surface area contributed by atoms with Gasteiger partial charge in [-0.1, -0.05) is 55.0 Å². The molecular formula is C22H27N. The molecule has 1 nitrogen and oxygen atoms in total. The largest absolute Gasteiger partial charge is 0.299 e. The van der Waals surface area contributed by atoms with E-state index in [1.54, 1.807) is 0 Å². The number of rotatable bonds is 6. The molecule has 2 aromatic rings. The highest BCUT2D eigenvalue weighted by molar-refractivity contribution is 5.68. The second-order valence-corrected chi connectivity index (χ2v) is 6.52. The normalized spacial score (nSPS) is 15.5. The third-order valence-corrected chi connectivity index (χ3v) is 4.73. The van der Waals surface area contributed by atoms with E-state index in [9.17, 15) is 0 Å². The fourth-order valence-electron chi connectivity index (χ4n) is 3.49. The van der Waals surface area contributed by atoms with Crippen LogP contribution in [0.4, 0.5) is 0 Å². The topological polar surface area (TPSA) is 3.24 Å². The van der Waals surface area contributed by atoms with Gasteiger partial charge in [-0.05, 0) is 67.1 Å². The van der Waals surface area contributed by atoms with Crippen molar-refractivity contribution in [1.29, 1.82) is 0 Å². The second-order valence-electron chi connectivity index (χ2n) is 6.52. The fraction of sp³-hybridized carbons (Fsp3) is 0.364. The van der Waals surface area contributed by atoms with Gasteiger partial charge in [0.1, 0.15) is 0 Å². The predicted molar refractivity (Wildman–Crippen MR) is 99.5 cm³/mol. The first-order valence-electron chi connectivity index (χ1n) is 8.87. The van der Waals surface area contributed by atoms with Crippen LogP contribution in [0.15, 0.2) is 61.2 Å². The Morgan fingerprint density at radius 2 is 1.78 bits per heavy atom. The molecule has 0 atom stereocenters. The number of allylic oxidation sites excluding steroid dienone is 1. The molecule has 0 radical (unpaired) electrons. The van der Waals surface area contributed by atoms with Crippen molar-refractivity contribution in [1.82, 2.24) is 4.90 Å². The molecule has 0 aromatic heterocycles. The van der Waals surface area contributed by atoms with Crippen molar-refractivity contribution in [3.05, 3.63) is 72.3 Å². The van der Waals surface area contributed by atoms with Crippen molar-refractivity contribution in [3.63, 3.8) is 0 Å². The van der Waals surface area contributed by atoms with Crippen LogP contribution in [0.25, 0.3) is 11.1 Å². The van der Waals surface area contributed by atoms with Gasteiger partial charge in [0.05, 0.1) is 0 Å². The molecule has 0 saturated carbocycles. The van der Waals surface area contributed by atoms with Crippen LogP contribution in [0, 0.1) is 0 Å². The summed E-state index contributed by atoms with van der Waals surface area (Å²) >= 11 is 0. The first kappa shape index (κ1) is 16.0. The van der Waals surface area contributed by atoms with Crippen molar-refractivity contribution < 1.29 is 0 Å². The first-order chi connectivity index (χ1) is 11.4. The molecule has 1 fully saturated rings. The average Bonchev–Trinajstić information content (AvgIpc) is 2.61. The summed E-state index contributed by atoms with van der Waals surface area (Å²) in [6.07, 6.45) is 8.20. The highest BCUT2D eigenvalue weighted by Crippen LogP contribution is 2.26. The van der Waals surface area contributed by atoms with E-state index in [2.05, 4.69) is 60.0 Å². The maximum atomic E-state index is 3.85. The Morgan fingerprint density at radius 3 is 2.61 bits per heavy atom. The van der Waals surface area contributed by atoms with Crippen LogP contribution in [-0.4, -0.2) is 18.0 Å². The molecule has 0 aliphatic carbocycles. The van der Waals surface area contributed by atoms with E-state index in [-0.39, 0.29) is 0 Å². The van der Waals surface area contributed by atoms with Gasteiger partial charge in [0.2, 0.25) is 0 Å². The Labute approximate surface area is 140 Å². The Kier molecular flexibility index (Phi) is 5.65. The SMILES string of the molecule is C=CCCc1ccccc1-c1cccc(CN2CCCCC2)c1. The zero-order valence-electron chi connectivity index (χ0n) is 14.0. The van der Waals surface area contributed by atoms with Crippen LogP contribution in [-0.2, 0) is 13.0 Å². The number of hydrogen-bond donors (Lipinski definition) is 0. The summed E-state index contributed by atoms with van der Waals surface area (Å²) in [5.74, 6) is 0. The third kappa shape index (κ3) is 4.33. The molecule has 0 bridgehead atoms. The maximum Gasteiger partial charge on any atom is 0.0233 e. The summed E-state index contributed by atoms with van der Waals surface area (Å²) in [5, 5.41) is 0. The minimum Gasteiger partial charge on any atom is -0.299 e. The summed E-state index contributed by atoms with van der Waals surface area (Å²) in [4.78, 5) is 2.59. The van der Waals surface area contributed by atoms with E-state index in [1.165, 1.54) is 54.6 Å². The van der Waals surface area contributed by atoms with Crippen LogP contribution in [0.2, 0.25) is 0 Å². The zero-order chi connectivity index (χ0) is 15.9. The van der Waals surface area contributed by atoms with E-state index < -0.39 is 0 Å². The molecule has 1 saturated heterocycles. The van der Waals surface area contributed by atoms with Crippen LogP contribution in [0.5, 0.6) is 0 Å². The van der Waals surface area contributed by atoms with Crippen molar-refractivity contribution >= 4 is 0 Å². The molecule has 120 valence electrons. The van der Waals surface area contributed by atoms with Crippen molar-refractivity contribution in [2.75, 3.05) is 13.1 Å². The van der Waals surface area contributed by atoms with E-state index in [1.807, 2.05) is 6.08 Å². The summed E-state index contributed by atoms with van der Waals surface area (Å²) in [6, 6.07) is 17.9. The third-order valence-electron chi connectivity index (χ3n) is 4.73. The molecule has 0 amide bonds. The second kappa shape index (κ2) is 8.12. The molecule has 1 aliphatic rings. The van der Waals surface area contributed by atoms with Gasteiger partial charge >= 0.3 is 0 Å². The molecule has 1 heteroatoms. The van der Waals surface area contributed by atoms with E-state index in [4.69, 9.17) is 0 Å². The number of aryl methyl sites for hydroxylation is 1. The summed E-state index contributed by atoms with van der Waals surface area (Å²) in [6.45, 7) is 7.44. The molecular weight excluding hydrogens is 278 g/mol. The van der Waals surface area contributed by atoms with Crippen molar-refractivity contribution in [3.8, 4) is 11.1 Å². The monoisotopic (exact) mass is 305 g/mol. The van der Waals surface area contributed by atoms with Gasteiger partial charge in [0.15, 0.2) is 0 Å². The molecule has 1 heterocycles. The first-order valence-corrected chi connectivity index (χ1v) is 8.87. The molecule has 3 rings (SSSR count). The fourth-order valence-corrected chi connectivity index (χ4v) is 3.49. The maximum absolute atomic E-state index is 3.85. The standard InChI is InChI=1S/C22H27N/c1-2-3-11-20-12-5-6-14-22(20)21-13-9-10-19(17-21)18-23-15-7-4-8-16-23/h2,5-6,9-10,12-14,17H,1,3-4,7-8,11,15-16,18H2. The Balaban J connectivity index is 1.80. The average molecular weight is 305 g/mol. The predicted octanol–water partition coefficient (Wildman–Crippen LogP) is 5.46. The Hall–Kier alpha value is -1.86. The quantitative estimate of drug-likeness (QED) is 0.641. The molecule has 23 heavy (non-hydrogen) atoms. The summed E-state index contributed by atoms with van der Waals surface area (Å²) in [5.41, 5.74) is 5.57. The lowest BCUT2D eigenvalue weighted by atomic mass is 9.95. The van der Waals surface area contributed by atoms with E-state index in [0.29, 0.717) is 0 Å². The Bertz CT molecular complexity index is 638. The number of piperidine rings is 1. The van der Waals surface area contributed by atoms with Gasteiger partial charge in [-0.15, -0.1) is 6.58 Å². The lowest BCUT2D eigenvalue weighted by Gasteiger charge is -2.26. The number of hydrogen-bond acceptors (Lipinski definition) is 1. The lowest BCUT2D eigenvalue weighted by molar-refractivity contribution is 0.221. The number of nitrogens with zero attached hydrogens (tertiary/aromatic N) is 1. The van der Waals surface area contributed by atoms with E-state index in [0.717, 1.165) is 19.4 Å². The van der Waals surface area contributed by atoms with E-state index >= 15 is 0 Å². The molecule has 2 aromatic carbocycles. The summed E-state index contributed by atoms with van der Waals surface area (Å²) in [7, 11) is 0. The number of likely N-dealkylation sites (tertiary alicyclic amines) is 1. The highest BCUT2D eigenvalue weighted by atomic mass is 15.1. The molecule has 1 aliphatic heterocycles. The van der Waals surface area contributed by atoms with Crippen LogP contribution < -0.4 is 0 Å².